The zero-order chi connectivity index (χ0) is 84.5. The number of carbonyl (C=O) groups excluding carboxylic acids is 12. The van der Waals surface area contributed by atoms with Crippen molar-refractivity contribution in [3.05, 3.63) is 12.7 Å². The molecular formula is C66H107N9O35S. The van der Waals surface area contributed by atoms with Gasteiger partial charge in [0.25, 0.3) is 0 Å². The number of imide groups is 1. The summed E-state index contributed by atoms with van der Waals surface area (Å²) in [6, 6.07) is -9.19. The van der Waals surface area contributed by atoms with Crippen molar-refractivity contribution < 1.29 is 174 Å². The van der Waals surface area contributed by atoms with Gasteiger partial charge in [0, 0.05) is 114 Å². The van der Waals surface area contributed by atoms with Gasteiger partial charge in [-0.3, -0.25) is 72.0 Å². The first-order chi connectivity index (χ1) is 52.0. The number of aliphatic carboxylic acids is 4. The molecule has 9 amide bonds. The van der Waals surface area contributed by atoms with Crippen molar-refractivity contribution in [2.75, 3.05) is 51.8 Å². The molecule has 1 unspecified atom stereocenters. The molecule has 0 spiro atoms. The van der Waals surface area contributed by atoms with Crippen LogP contribution in [0.2, 0.25) is 0 Å². The summed E-state index contributed by atoms with van der Waals surface area (Å²) in [6.45, 7) is -2.69. The van der Waals surface area contributed by atoms with E-state index in [2.05, 4.69) is 43.8 Å². The Hall–Kier alpha value is -8.23. The molecule has 28 N–H and O–H groups in total. The van der Waals surface area contributed by atoms with E-state index < -0.39 is 351 Å². The number of nitrogens with two attached hydrogens (primary N) is 1. The van der Waals surface area contributed by atoms with Gasteiger partial charge in [-0.2, -0.15) is 0 Å². The molecule has 1 heterocycles. The van der Waals surface area contributed by atoms with E-state index >= 15 is 0 Å². The molecule has 20 atom stereocenters. The fourth-order valence-corrected chi connectivity index (χ4v) is 11.8. The summed E-state index contributed by atoms with van der Waals surface area (Å²) in [5, 5.41) is 201. The molecule has 111 heavy (non-hydrogen) atoms. The third-order valence-electron chi connectivity index (χ3n) is 17.6. The number of aliphatic hydroxyl groups is 15. The van der Waals surface area contributed by atoms with Crippen LogP contribution in [0.25, 0.3) is 0 Å². The molecule has 0 bridgehead atoms. The first kappa shape index (κ1) is 101. The van der Waals surface area contributed by atoms with Gasteiger partial charge in [0.1, 0.15) is 72.8 Å². The number of carbonyl (C=O) groups is 16. The fourth-order valence-electron chi connectivity index (χ4n) is 10.6. The van der Waals surface area contributed by atoms with Crippen LogP contribution in [0.15, 0.2) is 12.7 Å². The van der Waals surface area contributed by atoms with Crippen LogP contribution >= 0.6 is 11.8 Å². The van der Waals surface area contributed by atoms with Crippen LogP contribution in [0.4, 0.5) is 0 Å². The van der Waals surface area contributed by atoms with E-state index in [-0.39, 0.29) is 25.0 Å². The number of Topliss-reactive ketones (excluding diaryl/α,β-unsaturated/α-hetero) is 3. The molecule has 1 saturated heterocycles. The first-order valence-corrected chi connectivity index (χ1v) is 36.4. The minimum absolute atomic E-state index is 0.165. The van der Waals surface area contributed by atoms with E-state index in [0.29, 0.717) is 35.9 Å². The maximum atomic E-state index is 14.6. The summed E-state index contributed by atoms with van der Waals surface area (Å²) < 4.78 is 0. The average Bonchev–Trinajstić information content (AvgIpc) is 1.67. The average molecular weight is 1620 g/mol. The maximum Gasteiger partial charge on any atom is 0.327 e. The Morgan fingerprint density at radius 1 is 0.450 bits per heavy atom. The number of nitrogens with zero attached hydrogens (tertiary/aromatic N) is 1. The van der Waals surface area contributed by atoms with Crippen LogP contribution in [-0.4, -0.2) is 357 Å². The minimum atomic E-state index is -2.20. The Bertz CT molecular complexity index is 3100. The third-order valence-corrected chi connectivity index (χ3v) is 18.9. The lowest BCUT2D eigenvalue weighted by Gasteiger charge is -2.26. The van der Waals surface area contributed by atoms with E-state index in [1.807, 2.05) is 0 Å². The summed E-state index contributed by atoms with van der Waals surface area (Å²) in [4.78, 5) is 212. The zero-order valence-corrected chi connectivity index (χ0v) is 61.4. The number of likely N-dealkylation sites (tertiary alicyclic amines) is 1. The van der Waals surface area contributed by atoms with Gasteiger partial charge < -0.3 is 140 Å². The quantitative estimate of drug-likeness (QED) is 0.0153. The van der Waals surface area contributed by atoms with Crippen molar-refractivity contribution in [3.63, 3.8) is 0 Å². The second-order valence-corrected chi connectivity index (χ2v) is 27.6. The third kappa shape index (κ3) is 38.2. The van der Waals surface area contributed by atoms with Crippen molar-refractivity contribution in [1.82, 2.24) is 42.1 Å². The van der Waals surface area contributed by atoms with Crippen molar-refractivity contribution in [1.29, 1.82) is 0 Å². The topological polar surface area (TPSA) is 771 Å². The van der Waals surface area contributed by atoms with Gasteiger partial charge in [-0.05, 0) is 57.8 Å². The lowest BCUT2D eigenvalue weighted by atomic mass is 9.89. The Morgan fingerprint density at radius 2 is 0.829 bits per heavy atom. The van der Waals surface area contributed by atoms with Gasteiger partial charge in [-0.1, -0.05) is 6.08 Å². The van der Waals surface area contributed by atoms with Gasteiger partial charge in [0.2, 0.25) is 53.2 Å². The van der Waals surface area contributed by atoms with Gasteiger partial charge in [-0.25, -0.2) is 9.59 Å². The fraction of sp³-hybridized carbons (Fsp3) is 0.727. The first-order valence-electron chi connectivity index (χ1n) is 35.3. The Morgan fingerprint density at radius 3 is 1.22 bits per heavy atom. The predicted molar refractivity (Wildman–Crippen MR) is 376 cm³/mol. The number of amides is 9. The maximum absolute atomic E-state index is 14.6. The smallest absolute Gasteiger partial charge is 0.327 e. The normalized spacial score (nSPS) is 18.1. The molecule has 1 aliphatic rings. The number of hydrogen-bond acceptors (Lipinski definition) is 33. The highest BCUT2D eigenvalue weighted by Crippen LogP contribution is 2.27. The Labute approximate surface area is 639 Å². The number of unbranched alkanes of at least 4 members (excludes halogenated alkanes) is 2. The van der Waals surface area contributed by atoms with E-state index in [4.69, 9.17) is 21.1 Å². The number of hydrogen-bond donors (Lipinski definition) is 27. The van der Waals surface area contributed by atoms with Crippen LogP contribution in [0.3, 0.4) is 0 Å². The SMILES string of the molecule is C=CCCCCC(=O)CC[C@H](NC(=O)CCN1C(=O)CC(SC[C@@H](NC(=O)[C@H](CCC(=O)NC[C@H](O)[C@@H](O)[C@H](O)[C@H](O)CO)CC(=O)[C@@H](CCC(=O)O)NC(=O)[C@H](CCC(=O)NC[C@H](O)[C@@H](O)[C@H](O)[C@H](O)CO)CC(=O)[C@@H](CCC(=O)O)NC(=O)[C@@H](N)CCC(=O)NC[C@H](O)[C@@H](O)[C@H](O)[C@H](O)CO)C(=O)O)C1=O)C(=O)O. The van der Waals surface area contributed by atoms with Crippen LogP contribution in [0, 0.1) is 11.8 Å². The molecule has 0 aromatic carbocycles. The van der Waals surface area contributed by atoms with Crippen molar-refractivity contribution >= 4 is 106 Å². The highest BCUT2D eigenvalue weighted by molar-refractivity contribution is 8.00. The Kier molecular flexibility index (Phi) is 48.0. The number of ketones is 3. The summed E-state index contributed by atoms with van der Waals surface area (Å²) in [5.41, 5.74) is 6.01. The molecule has 1 aliphatic heterocycles. The number of rotatable bonds is 62. The van der Waals surface area contributed by atoms with E-state index in [0.717, 1.165) is 0 Å². The summed E-state index contributed by atoms with van der Waals surface area (Å²) >= 11 is 0.525. The van der Waals surface area contributed by atoms with E-state index in [9.17, 15) is 158 Å². The molecule has 0 radical (unpaired) electrons. The number of carboxylic acids is 4. The number of nitrogens with one attached hydrogen (secondary N) is 7. The van der Waals surface area contributed by atoms with E-state index in [1.165, 1.54) is 0 Å². The van der Waals surface area contributed by atoms with Crippen molar-refractivity contribution in [2.45, 2.75) is 237 Å². The largest absolute Gasteiger partial charge is 0.481 e. The second-order valence-electron chi connectivity index (χ2n) is 26.4. The number of allylic oxidation sites excluding steroid dienone is 1. The van der Waals surface area contributed by atoms with Gasteiger partial charge in [0.05, 0.1) is 61.5 Å². The molecule has 0 aliphatic carbocycles. The van der Waals surface area contributed by atoms with Crippen LogP contribution < -0.4 is 43.0 Å². The predicted octanol–water partition coefficient (Wildman–Crippen LogP) is -11.4. The molecule has 0 aromatic heterocycles. The highest BCUT2D eigenvalue weighted by Gasteiger charge is 2.42. The molecule has 44 nitrogen and oxygen atoms in total. The summed E-state index contributed by atoms with van der Waals surface area (Å²) in [5.74, 6) is -23.5. The van der Waals surface area contributed by atoms with Crippen molar-refractivity contribution in [3.8, 4) is 0 Å². The molecular weight excluding hydrogens is 1510 g/mol. The molecule has 0 aromatic rings. The van der Waals surface area contributed by atoms with Crippen LogP contribution in [0.5, 0.6) is 0 Å². The van der Waals surface area contributed by atoms with Gasteiger partial charge in [0.15, 0.2) is 11.6 Å². The number of carboxylic acid groups (broad SMARTS) is 4. The monoisotopic (exact) mass is 1620 g/mol. The highest BCUT2D eigenvalue weighted by atomic mass is 32.2. The lowest BCUT2D eigenvalue weighted by Crippen LogP contribution is -2.51. The van der Waals surface area contributed by atoms with Crippen molar-refractivity contribution in [2.24, 2.45) is 17.6 Å². The molecule has 632 valence electrons. The molecule has 1 fully saturated rings. The van der Waals surface area contributed by atoms with Crippen LogP contribution in [0.1, 0.15) is 128 Å². The summed E-state index contributed by atoms with van der Waals surface area (Å²) in [6.07, 6.45) is -32.8. The van der Waals surface area contributed by atoms with Gasteiger partial charge in [-0.15, -0.1) is 18.3 Å². The summed E-state index contributed by atoms with van der Waals surface area (Å²) in [7, 11) is 0. The Balaban J connectivity index is 3.76. The second kappa shape index (κ2) is 52.9. The molecule has 0 saturated carbocycles. The van der Waals surface area contributed by atoms with Crippen LogP contribution in [-0.2, 0) is 76.7 Å². The zero-order valence-electron chi connectivity index (χ0n) is 60.6. The van der Waals surface area contributed by atoms with E-state index in [1.54, 1.807) is 6.08 Å². The molecule has 1 rings (SSSR count). The minimum Gasteiger partial charge on any atom is -0.481 e. The van der Waals surface area contributed by atoms with Gasteiger partial charge >= 0.3 is 23.9 Å². The lowest BCUT2D eigenvalue weighted by molar-refractivity contribution is -0.143. The molecule has 45 heteroatoms. The standard InChI is InChI=1S/C66H107N9O35S/c1-2-3-4-5-6-33(79)9-11-37(65(107)108)71-51(91)19-20-75-52(92)23-47(64(75)106)111-30-38(66(109)110)74-62(104)32(8-15-49(89)69-25-42(83)56(98)59(101)45(86)28-77)22-39(80)35(12-17-53(93)94)72-61(103)31(7-14-48(88)68-24-41(82)55(97)58(100)44(85)27-76)21-40(81)36(13-18-54(95)96)73-63(105)34(67)10-16-50(90)70-26-43(84)57(99)60(102)46(87)29-78/h2,31-32,34-38,41-47,55-60,76-78,82-87,97-102H,1,3-30,67H2,(H,68,88)(H,69,89)(H,70,90)(H,71,91)(H,72,103)(H,73,105)(H,74,104)(H,93,94)(H,95,96)(H,107,108)(H,109,110)/t31-,32-,34+,35-,36-,37+,38-,41+,42+,43+,44-,45-,46-,47?,55-,56-,57-,58-,59-,60-/m1/s1. The number of thioether (sulfide) groups is 1. The number of aliphatic hydroxyl groups excluding tert-OH is 15.